The number of anilines is 2. The molecular weight excluding hydrogens is 719 g/mol. The van der Waals surface area contributed by atoms with E-state index in [1.54, 1.807) is 24.5 Å². The number of carbonyl (C=O) groups excluding carboxylic acids is 4. The van der Waals surface area contributed by atoms with Gasteiger partial charge in [-0.2, -0.15) is 0 Å². The zero-order valence-corrected chi connectivity index (χ0v) is 32.0. The molecule has 2 aliphatic carbocycles. The van der Waals surface area contributed by atoms with Crippen molar-refractivity contribution in [3.63, 3.8) is 0 Å². The maximum absolute atomic E-state index is 13.3. The van der Waals surface area contributed by atoms with E-state index in [2.05, 4.69) is 9.97 Å². The smallest absolute Gasteiger partial charge is 0.233 e. The van der Waals surface area contributed by atoms with Crippen LogP contribution in [0.5, 0.6) is 0 Å². The van der Waals surface area contributed by atoms with Gasteiger partial charge in [0.25, 0.3) is 0 Å². The standard InChI is InChI=1S/2C22H23ClN2O2/c2*23-17-6-3-7-18(14-17)25-12-10-22(21(25)27)9-4-5-16(15-22)13-20(26)19-8-1-2-11-24-19/h2*1-3,6-8,11,14,16H,4-5,9-10,12-13,15H2/t2*16-,22+/m10/s1. The molecule has 0 N–H and O–H groups in total. The Balaban J connectivity index is 0.000000167. The molecule has 280 valence electrons. The summed E-state index contributed by atoms with van der Waals surface area (Å²) in [4.78, 5) is 63.7. The minimum absolute atomic E-state index is 0.0785. The molecule has 0 unspecified atom stereocenters. The van der Waals surface area contributed by atoms with E-state index in [4.69, 9.17) is 23.2 Å². The Hall–Kier alpha value is -4.40. The summed E-state index contributed by atoms with van der Waals surface area (Å²) in [5.41, 5.74) is 2.14. The van der Waals surface area contributed by atoms with Crippen molar-refractivity contribution < 1.29 is 19.2 Å². The second-order valence-electron chi connectivity index (χ2n) is 15.5. The van der Waals surface area contributed by atoms with E-state index < -0.39 is 0 Å². The lowest BCUT2D eigenvalue weighted by Crippen LogP contribution is -2.38. The molecule has 2 aromatic carbocycles. The van der Waals surface area contributed by atoms with Crippen LogP contribution >= 0.6 is 23.2 Å². The first-order valence-corrected chi connectivity index (χ1v) is 19.9. The Bertz CT molecular complexity index is 1850. The molecule has 2 amide bonds. The van der Waals surface area contributed by atoms with Crippen LogP contribution in [0.3, 0.4) is 0 Å². The van der Waals surface area contributed by atoms with E-state index in [1.165, 1.54) is 0 Å². The number of Topliss-reactive ketones (excluding diaryl/α,β-unsaturated/α-hetero) is 2. The van der Waals surface area contributed by atoms with E-state index in [1.807, 2.05) is 82.6 Å². The summed E-state index contributed by atoms with van der Waals surface area (Å²) in [7, 11) is 0. The monoisotopic (exact) mass is 764 g/mol. The van der Waals surface area contributed by atoms with Gasteiger partial charge < -0.3 is 9.80 Å². The number of nitrogens with zero attached hydrogens (tertiary/aromatic N) is 4. The number of pyridine rings is 2. The molecule has 8 nitrogen and oxygen atoms in total. The number of hydrogen-bond donors (Lipinski definition) is 0. The second kappa shape index (κ2) is 16.5. The van der Waals surface area contributed by atoms with Crippen molar-refractivity contribution in [1.29, 1.82) is 0 Å². The Morgan fingerprint density at radius 3 is 1.44 bits per heavy atom. The molecule has 0 radical (unpaired) electrons. The third-order valence-corrected chi connectivity index (χ3v) is 12.5. The van der Waals surface area contributed by atoms with Gasteiger partial charge in [-0.05, 0) is 124 Å². The van der Waals surface area contributed by atoms with Gasteiger partial charge in [-0.3, -0.25) is 29.1 Å². The third-order valence-electron chi connectivity index (χ3n) is 12.0. The number of ketones is 2. The van der Waals surface area contributed by atoms with Crippen LogP contribution in [0, 0.1) is 22.7 Å². The van der Waals surface area contributed by atoms with Crippen molar-refractivity contribution in [2.45, 2.75) is 77.0 Å². The molecule has 0 bridgehead atoms. The molecule has 4 heterocycles. The van der Waals surface area contributed by atoms with Crippen LogP contribution in [0.2, 0.25) is 10.0 Å². The van der Waals surface area contributed by atoms with Crippen LogP contribution in [0.4, 0.5) is 11.4 Å². The number of aromatic nitrogens is 2. The summed E-state index contributed by atoms with van der Waals surface area (Å²) in [5.74, 6) is 1.04. The predicted molar refractivity (Wildman–Crippen MR) is 212 cm³/mol. The van der Waals surface area contributed by atoms with E-state index in [-0.39, 0.29) is 46.0 Å². The van der Waals surface area contributed by atoms with Crippen molar-refractivity contribution >= 4 is 58.0 Å². The highest BCUT2D eigenvalue weighted by Gasteiger charge is 2.51. The first kappa shape index (κ1) is 37.9. The molecule has 2 saturated carbocycles. The summed E-state index contributed by atoms with van der Waals surface area (Å²) in [5, 5.41) is 1.28. The second-order valence-corrected chi connectivity index (χ2v) is 16.4. The van der Waals surface area contributed by atoms with Crippen LogP contribution in [0.25, 0.3) is 0 Å². The molecule has 2 saturated heterocycles. The van der Waals surface area contributed by atoms with Crippen molar-refractivity contribution in [2.75, 3.05) is 22.9 Å². The SMILES string of the molecule is O=C(C[C@@H]1CCC[C@@]2(CCN(c3cccc(Cl)c3)C2=O)C1)c1ccccn1.O=C(C[C@H]1CCC[C@]2(CCN(c3cccc(Cl)c3)C2=O)C1)c1ccccn1. The summed E-state index contributed by atoms with van der Waals surface area (Å²) < 4.78 is 0. The first-order chi connectivity index (χ1) is 26.1. The molecule has 4 aliphatic rings. The third kappa shape index (κ3) is 8.30. The predicted octanol–water partition coefficient (Wildman–Crippen LogP) is 9.84. The number of benzene rings is 2. The van der Waals surface area contributed by atoms with E-state index in [9.17, 15) is 19.2 Å². The van der Waals surface area contributed by atoms with Gasteiger partial charge in [-0.15, -0.1) is 0 Å². The molecular formula is C44H46Cl2N4O4. The highest BCUT2D eigenvalue weighted by molar-refractivity contribution is 6.31. The van der Waals surface area contributed by atoms with E-state index >= 15 is 0 Å². The lowest BCUT2D eigenvalue weighted by atomic mass is 9.67. The summed E-state index contributed by atoms with van der Waals surface area (Å²) in [6, 6.07) is 25.8. The average Bonchev–Trinajstić information content (AvgIpc) is 3.66. The Morgan fingerprint density at radius 2 is 1.06 bits per heavy atom. The Kier molecular flexibility index (Phi) is 11.6. The van der Waals surface area contributed by atoms with Gasteiger partial charge in [0.2, 0.25) is 11.8 Å². The van der Waals surface area contributed by atoms with Crippen molar-refractivity contribution in [3.05, 3.63) is 119 Å². The van der Waals surface area contributed by atoms with Crippen molar-refractivity contribution in [3.8, 4) is 0 Å². The largest absolute Gasteiger partial charge is 0.312 e. The molecule has 2 aliphatic heterocycles. The van der Waals surface area contributed by atoms with Gasteiger partial charge >= 0.3 is 0 Å². The number of hydrogen-bond acceptors (Lipinski definition) is 6. The highest BCUT2D eigenvalue weighted by atomic mass is 35.5. The molecule has 10 heteroatoms. The lowest BCUT2D eigenvalue weighted by molar-refractivity contribution is -0.128. The molecule has 2 aromatic heterocycles. The number of rotatable bonds is 8. The zero-order chi connectivity index (χ0) is 37.7. The minimum atomic E-state index is -0.324. The van der Waals surface area contributed by atoms with E-state index in [0.29, 0.717) is 34.3 Å². The van der Waals surface area contributed by atoms with Gasteiger partial charge in [-0.1, -0.05) is 60.3 Å². The fraction of sp³-hybridized carbons (Fsp3) is 0.409. The van der Waals surface area contributed by atoms with Gasteiger partial charge in [-0.25, -0.2) is 0 Å². The average molecular weight is 766 g/mol. The molecule has 54 heavy (non-hydrogen) atoms. The quantitative estimate of drug-likeness (QED) is 0.166. The normalized spacial score (nSPS) is 25.1. The van der Waals surface area contributed by atoms with Gasteiger partial charge in [0.1, 0.15) is 11.4 Å². The Morgan fingerprint density at radius 1 is 0.611 bits per heavy atom. The lowest BCUT2D eigenvalue weighted by Gasteiger charge is -2.36. The molecule has 8 rings (SSSR count). The highest BCUT2D eigenvalue weighted by Crippen LogP contribution is 2.50. The van der Waals surface area contributed by atoms with Crippen molar-refractivity contribution in [2.24, 2.45) is 22.7 Å². The summed E-state index contributed by atoms with van der Waals surface area (Å²) >= 11 is 12.2. The van der Waals surface area contributed by atoms with Crippen LogP contribution in [-0.4, -0.2) is 46.4 Å². The molecule has 4 atom stereocenters. The molecule has 4 aromatic rings. The Labute approximate surface area is 327 Å². The van der Waals surface area contributed by atoms with Crippen LogP contribution in [0.1, 0.15) is 98.0 Å². The fourth-order valence-electron chi connectivity index (χ4n) is 9.37. The molecule has 2 spiro atoms. The minimum Gasteiger partial charge on any atom is -0.312 e. The van der Waals surface area contributed by atoms with Gasteiger partial charge in [0.05, 0.1) is 10.8 Å². The summed E-state index contributed by atoms with van der Waals surface area (Å²) in [6.07, 6.45) is 13.4. The zero-order valence-electron chi connectivity index (χ0n) is 30.5. The van der Waals surface area contributed by atoms with Crippen LogP contribution in [0.15, 0.2) is 97.3 Å². The number of carbonyl (C=O) groups is 4. The topological polar surface area (TPSA) is 101 Å². The summed E-state index contributed by atoms with van der Waals surface area (Å²) in [6.45, 7) is 1.44. The fourth-order valence-corrected chi connectivity index (χ4v) is 9.74. The maximum Gasteiger partial charge on any atom is 0.233 e. The van der Waals surface area contributed by atoms with Crippen LogP contribution in [-0.2, 0) is 9.59 Å². The maximum atomic E-state index is 13.3. The molecule has 4 fully saturated rings. The van der Waals surface area contributed by atoms with Crippen molar-refractivity contribution in [1.82, 2.24) is 9.97 Å². The number of halogens is 2. The first-order valence-electron chi connectivity index (χ1n) is 19.2. The van der Waals surface area contributed by atoms with Gasteiger partial charge in [0, 0.05) is 59.7 Å². The van der Waals surface area contributed by atoms with E-state index in [0.717, 1.165) is 88.7 Å². The number of amides is 2. The van der Waals surface area contributed by atoms with Gasteiger partial charge in [0.15, 0.2) is 11.6 Å². The van der Waals surface area contributed by atoms with Crippen LogP contribution < -0.4 is 9.80 Å².